The minimum Gasteiger partial charge on any atom is -0.432 e. The molecule has 82 valence electrons. The summed E-state index contributed by atoms with van der Waals surface area (Å²) in [7, 11) is 0. The highest BCUT2D eigenvalue weighted by atomic mass is 35.5. The normalized spacial score (nSPS) is 10.5. The third-order valence-electron chi connectivity index (χ3n) is 1.73. The largest absolute Gasteiger partial charge is 0.432 e. The van der Waals surface area contributed by atoms with Crippen molar-refractivity contribution >= 4 is 23.1 Å². The van der Waals surface area contributed by atoms with Crippen LogP contribution in [-0.2, 0) is 0 Å². The maximum atomic E-state index is 12.0. The number of hydrogen-bond acceptors (Lipinski definition) is 3. The van der Waals surface area contributed by atoms with Crippen molar-refractivity contribution in [3.8, 4) is 5.75 Å². The molecule has 1 rings (SSSR count). The molecule has 15 heavy (non-hydrogen) atoms. The molecule has 0 heterocycles. The molecular formula is C9H8ClF2NO2. The number of alkyl halides is 2. The van der Waals surface area contributed by atoms with Gasteiger partial charge in [-0.05, 0) is 19.1 Å². The van der Waals surface area contributed by atoms with Gasteiger partial charge in [0.05, 0.1) is 16.3 Å². The molecule has 0 aliphatic heterocycles. The number of halogens is 3. The van der Waals surface area contributed by atoms with Crippen molar-refractivity contribution in [1.82, 2.24) is 0 Å². The zero-order valence-electron chi connectivity index (χ0n) is 7.76. The summed E-state index contributed by atoms with van der Waals surface area (Å²) in [5, 5.41) is 0.0654. The van der Waals surface area contributed by atoms with Gasteiger partial charge < -0.3 is 10.5 Å². The molecule has 0 spiro atoms. The number of nitrogens with two attached hydrogens (primary N) is 1. The molecular weight excluding hydrogens is 228 g/mol. The third kappa shape index (κ3) is 2.56. The summed E-state index contributed by atoms with van der Waals surface area (Å²) in [4.78, 5) is 11.1. The molecule has 2 N–H and O–H groups in total. The molecule has 1 aromatic rings. The number of ketones is 1. The van der Waals surface area contributed by atoms with Crippen molar-refractivity contribution in [3.05, 3.63) is 22.7 Å². The van der Waals surface area contributed by atoms with Crippen LogP contribution in [0, 0.1) is 0 Å². The van der Waals surface area contributed by atoms with E-state index in [4.69, 9.17) is 17.3 Å². The first-order valence-corrected chi connectivity index (χ1v) is 4.35. The van der Waals surface area contributed by atoms with Crippen LogP contribution < -0.4 is 10.5 Å². The molecule has 0 fully saturated rings. The SMILES string of the molecule is CC(=O)c1ccc(Cl)c(N)c1OC(F)F. The lowest BCUT2D eigenvalue weighted by atomic mass is 10.1. The number of Topliss-reactive ketones (excluding diaryl/α,β-unsaturated/α-hetero) is 1. The lowest BCUT2D eigenvalue weighted by molar-refractivity contribution is -0.0496. The summed E-state index contributed by atoms with van der Waals surface area (Å²) in [6.07, 6.45) is 0. The number of nitrogen functional groups attached to an aromatic ring is 1. The van der Waals surface area contributed by atoms with Crippen LogP contribution in [0.1, 0.15) is 17.3 Å². The topological polar surface area (TPSA) is 52.3 Å². The number of rotatable bonds is 3. The summed E-state index contributed by atoms with van der Waals surface area (Å²) in [5.41, 5.74) is 5.25. The lowest BCUT2D eigenvalue weighted by Gasteiger charge is -2.12. The van der Waals surface area contributed by atoms with E-state index in [0.29, 0.717) is 0 Å². The van der Waals surface area contributed by atoms with E-state index in [1.165, 1.54) is 19.1 Å². The first kappa shape index (κ1) is 11.7. The highest BCUT2D eigenvalue weighted by molar-refractivity contribution is 6.33. The van der Waals surface area contributed by atoms with Crippen molar-refractivity contribution in [3.63, 3.8) is 0 Å². The van der Waals surface area contributed by atoms with Gasteiger partial charge in [-0.25, -0.2) is 0 Å². The Morgan fingerprint density at radius 2 is 2.13 bits per heavy atom. The predicted octanol–water partition coefficient (Wildman–Crippen LogP) is 2.73. The molecule has 0 saturated carbocycles. The van der Waals surface area contributed by atoms with Crippen LogP contribution in [-0.4, -0.2) is 12.4 Å². The van der Waals surface area contributed by atoms with Crippen molar-refractivity contribution in [2.45, 2.75) is 13.5 Å². The number of carbonyl (C=O) groups excluding carboxylic acids is 1. The van der Waals surface area contributed by atoms with Crippen LogP contribution >= 0.6 is 11.6 Å². The van der Waals surface area contributed by atoms with Crippen LogP contribution in [0.25, 0.3) is 0 Å². The summed E-state index contributed by atoms with van der Waals surface area (Å²) < 4.78 is 28.2. The zero-order chi connectivity index (χ0) is 11.6. The quantitative estimate of drug-likeness (QED) is 0.647. The average molecular weight is 236 g/mol. The van der Waals surface area contributed by atoms with Gasteiger partial charge >= 0.3 is 6.61 Å². The number of hydrogen-bond donors (Lipinski definition) is 1. The van der Waals surface area contributed by atoms with Crippen molar-refractivity contribution in [2.24, 2.45) is 0 Å². The Hall–Kier alpha value is -1.36. The molecule has 0 unspecified atom stereocenters. The van der Waals surface area contributed by atoms with Gasteiger partial charge in [0, 0.05) is 0 Å². The van der Waals surface area contributed by atoms with E-state index in [0.717, 1.165) is 0 Å². The summed E-state index contributed by atoms with van der Waals surface area (Å²) >= 11 is 5.61. The highest BCUT2D eigenvalue weighted by Crippen LogP contribution is 2.34. The van der Waals surface area contributed by atoms with Gasteiger partial charge in [0.2, 0.25) is 0 Å². The van der Waals surface area contributed by atoms with E-state index >= 15 is 0 Å². The lowest BCUT2D eigenvalue weighted by Crippen LogP contribution is -2.09. The van der Waals surface area contributed by atoms with Crippen LogP contribution in [0.4, 0.5) is 14.5 Å². The maximum Gasteiger partial charge on any atom is 0.387 e. The van der Waals surface area contributed by atoms with Crippen LogP contribution in [0.15, 0.2) is 12.1 Å². The van der Waals surface area contributed by atoms with Gasteiger partial charge in [0.15, 0.2) is 11.5 Å². The van der Waals surface area contributed by atoms with Gasteiger partial charge in [-0.15, -0.1) is 0 Å². The Bertz CT molecular complexity index is 396. The van der Waals surface area contributed by atoms with Crippen LogP contribution in [0.2, 0.25) is 5.02 Å². The minimum absolute atomic E-state index is 0.0165. The second-order valence-corrected chi connectivity index (χ2v) is 3.18. The van der Waals surface area contributed by atoms with E-state index in [9.17, 15) is 13.6 Å². The van der Waals surface area contributed by atoms with Crippen molar-refractivity contribution in [2.75, 3.05) is 5.73 Å². The number of benzene rings is 1. The van der Waals surface area contributed by atoms with Gasteiger partial charge in [-0.2, -0.15) is 8.78 Å². The smallest absolute Gasteiger partial charge is 0.387 e. The van der Waals surface area contributed by atoms with E-state index in [2.05, 4.69) is 4.74 Å². The fourth-order valence-corrected chi connectivity index (χ4v) is 1.22. The number of carbonyl (C=O) groups is 1. The Labute approximate surface area is 89.8 Å². The Kier molecular flexibility index (Phi) is 3.47. The van der Waals surface area contributed by atoms with Gasteiger partial charge in [0.1, 0.15) is 0 Å². The number of anilines is 1. The highest BCUT2D eigenvalue weighted by Gasteiger charge is 2.17. The Morgan fingerprint density at radius 3 is 2.60 bits per heavy atom. The standard InChI is InChI=1S/C9H8ClF2NO2/c1-4(14)5-2-3-6(10)7(13)8(5)15-9(11)12/h2-3,9H,13H2,1H3. The molecule has 3 nitrogen and oxygen atoms in total. The van der Waals surface area contributed by atoms with E-state index in [1.54, 1.807) is 0 Å². The number of ether oxygens (including phenoxy) is 1. The molecule has 6 heteroatoms. The van der Waals surface area contributed by atoms with Crippen LogP contribution in [0.5, 0.6) is 5.75 Å². The molecule has 0 aliphatic rings. The first-order chi connectivity index (χ1) is 6.93. The third-order valence-corrected chi connectivity index (χ3v) is 2.06. The minimum atomic E-state index is -3.05. The maximum absolute atomic E-state index is 12.0. The summed E-state index contributed by atoms with van der Waals surface area (Å²) in [5.74, 6) is -0.793. The van der Waals surface area contributed by atoms with E-state index < -0.39 is 12.4 Å². The molecule has 0 aliphatic carbocycles. The molecule has 1 aromatic carbocycles. The molecule has 0 radical (unpaired) electrons. The second-order valence-electron chi connectivity index (χ2n) is 2.77. The summed E-state index contributed by atoms with van der Waals surface area (Å²) in [6, 6.07) is 2.64. The molecule has 0 bridgehead atoms. The van der Waals surface area contributed by atoms with Gasteiger partial charge in [-0.3, -0.25) is 4.79 Å². The van der Waals surface area contributed by atoms with E-state index in [1.807, 2.05) is 0 Å². The average Bonchev–Trinajstić information content (AvgIpc) is 2.12. The van der Waals surface area contributed by atoms with Gasteiger partial charge in [-0.1, -0.05) is 11.6 Å². The first-order valence-electron chi connectivity index (χ1n) is 3.97. The predicted molar refractivity (Wildman–Crippen MR) is 52.5 cm³/mol. The Morgan fingerprint density at radius 1 is 1.53 bits per heavy atom. The zero-order valence-corrected chi connectivity index (χ0v) is 8.52. The Balaban J connectivity index is 3.28. The van der Waals surface area contributed by atoms with Crippen molar-refractivity contribution < 1.29 is 18.3 Å². The molecule has 0 saturated heterocycles. The monoisotopic (exact) mass is 235 g/mol. The van der Waals surface area contributed by atoms with Crippen LogP contribution in [0.3, 0.4) is 0 Å². The molecule has 0 amide bonds. The van der Waals surface area contributed by atoms with Crippen molar-refractivity contribution in [1.29, 1.82) is 0 Å². The molecule has 0 atom stereocenters. The fourth-order valence-electron chi connectivity index (χ4n) is 1.07. The van der Waals surface area contributed by atoms with E-state index in [-0.39, 0.29) is 22.0 Å². The molecule has 0 aromatic heterocycles. The second kappa shape index (κ2) is 4.44. The fraction of sp³-hybridized carbons (Fsp3) is 0.222. The van der Waals surface area contributed by atoms with Gasteiger partial charge in [0.25, 0.3) is 0 Å². The summed E-state index contributed by atoms with van der Waals surface area (Å²) in [6.45, 7) is -1.83.